The highest BCUT2D eigenvalue weighted by atomic mass is 16.4. The molecule has 21 nitrogen and oxygen atoms in total. The molecule has 61 heavy (non-hydrogen) atoms. The fourth-order valence-corrected chi connectivity index (χ4v) is 5.77. The molecule has 21 heteroatoms. The Hall–Kier alpha value is -7.55. The van der Waals surface area contributed by atoms with Crippen molar-refractivity contribution < 1.29 is 68.7 Å². The zero-order valence-corrected chi connectivity index (χ0v) is 32.5. The van der Waals surface area contributed by atoms with Gasteiger partial charge in [-0.05, 0) is 47.4 Å². The highest BCUT2D eigenvalue weighted by molar-refractivity contribution is 5.98. The van der Waals surface area contributed by atoms with Gasteiger partial charge >= 0.3 is 17.9 Å². The topological polar surface area (TPSA) is 367 Å². The number of carbonyl (C=O) groups excluding carboxylic acids is 6. The van der Waals surface area contributed by atoms with Crippen molar-refractivity contribution in [3.05, 3.63) is 95.6 Å². The third kappa shape index (κ3) is 16.7. The molecule has 0 fully saturated rings. The molecule has 0 radical (unpaired) electrons. The van der Waals surface area contributed by atoms with Crippen LogP contribution in [0.4, 0.5) is 0 Å². The first kappa shape index (κ1) is 47.8. The van der Waals surface area contributed by atoms with Crippen molar-refractivity contribution in [1.82, 2.24) is 26.6 Å². The van der Waals surface area contributed by atoms with E-state index in [4.69, 9.17) is 11.5 Å². The van der Waals surface area contributed by atoms with Crippen LogP contribution in [-0.2, 0) is 62.4 Å². The second kappa shape index (κ2) is 23.1. The molecule has 0 heterocycles. The van der Waals surface area contributed by atoms with Gasteiger partial charge in [0.2, 0.25) is 35.4 Å². The number of carboxylic acid groups (broad SMARTS) is 3. The maximum Gasteiger partial charge on any atom is 0.326 e. The van der Waals surface area contributed by atoms with E-state index in [0.29, 0.717) is 16.7 Å². The second-order valence-electron chi connectivity index (χ2n) is 13.9. The summed E-state index contributed by atoms with van der Waals surface area (Å²) < 4.78 is 0. The minimum atomic E-state index is -1.87. The minimum Gasteiger partial charge on any atom is -0.508 e. The zero-order valence-electron chi connectivity index (χ0n) is 32.5. The lowest BCUT2D eigenvalue weighted by Crippen LogP contribution is -2.60. The third-order valence-electron chi connectivity index (χ3n) is 8.98. The van der Waals surface area contributed by atoms with E-state index in [9.17, 15) is 68.7 Å². The number of primary amides is 1. The summed E-state index contributed by atoms with van der Waals surface area (Å²) in [5, 5.41) is 59.9. The van der Waals surface area contributed by atoms with Gasteiger partial charge in [-0.25, -0.2) is 4.79 Å². The average Bonchev–Trinajstić information content (AvgIpc) is 3.19. The van der Waals surface area contributed by atoms with E-state index in [-0.39, 0.29) is 43.6 Å². The first-order chi connectivity index (χ1) is 28.8. The van der Waals surface area contributed by atoms with E-state index < -0.39 is 102 Å². The molecule has 0 saturated heterocycles. The number of nitrogens with two attached hydrogens (primary N) is 2. The molecule has 0 aliphatic rings. The van der Waals surface area contributed by atoms with E-state index in [0.717, 1.165) is 0 Å². The number of benzene rings is 3. The van der Waals surface area contributed by atoms with E-state index >= 15 is 0 Å². The summed E-state index contributed by atoms with van der Waals surface area (Å²) in [7, 11) is 0. The van der Waals surface area contributed by atoms with E-state index in [2.05, 4.69) is 26.6 Å². The van der Waals surface area contributed by atoms with Gasteiger partial charge in [0.05, 0.1) is 18.9 Å². The van der Waals surface area contributed by atoms with Crippen LogP contribution >= 0.6 is 0 Å². The summed E-state index contributed by atoms with van der Waals surface area (Å²) >= 11 is 0. The molecule has 3 rings (SSSR count). The summed E-state index contributed by atoms with van der Waals surface area (Å²) in [6.07, 6.45) is -3.38. The molecule has 3 aromatic carbocycles. The van der Waals surface area contributed by atoms with Crippen molar-refractivity contribution in [1.29, 1.82) is 0 Å². The number of rotatable bonds is 24. The Balaban J connectivity index is 1.93. The molecule has 0 aliphatic carbocycles. The third-order valence-corrected chi connectivity index (χ3v) is 8.98. The van der Waals surface area contributed by atoms with Gasteiger partial charge in [-0.2, -0.15) is 0 Å². The van der Waals surface area contributed by atoms with Crippen molar-refractivity contribution in [2.45, 2.75) is 81.2 Å². The molecule has 0 unspecified atom stereocenters. The standard InChI is InChI=1S/C40H47N7O14/c41-26(14-15-32(42)50)35(55)43-29(19-33(51)52)38(58)45-28(17-22-6-10-24(48)11-7-22)36(56)44-27(16-21-4-2-1-3-5-21)37(57)46-30(20-34(53)54)39(59)47-31(40(60)61)18-23-8-12-25(49)13-9-23/h1-13,26-31,48-49H,14-20,41H2,(H2,42,50)(H,43,55)(H,44,56)(H,45,58)(H,46,57)(H,47,59)(H,51,52)(H,53,54)(H,60,61)/t26-,27-,28-,29-,30-,31-/m0/s1. The maximum absolute atomic E-state index is 14.1. The van der Waals surface area contributed by atoms with Crippen LogP contribution in [0.15, 0.2) is 78.9 Å². The van der Waals surface area contributed by atoms with Crippen LogP contribution in [-0.4, -0.2) is 115 Å². The lowest BCUT2D eigenvalue weighted by atomic mass is 10.0. The molecule has 3 aromatic rings. The maximum atomic E-state index is 14.1. The Morgan fingerprint density at radius 2 is 0.820 bits per heavy atom. The number of nitrogens with one attached hydrogen (secondary N) is 5. The number of carboxylic acids is 3. The van der Waals surface area contributed by atoms with Gasteiger partial charge < -0.3 is 63.6 Å². The number of aliphatic carboxylic acids is 3. The lowest BCUT2D eigenvalue weighted by molar-refractivity contribution is -0.144. The Bertz CT molecular complexity index is 2050. The van der Waals surface area contributed by atoms with E-state index in [1.54, 1.807) is 30.3 Å². The SMILES string of the molecule is NC(=O)CC[C@H](N)C(=O)N[C@@H](CC(=O)O)C(=O)N[C@@H](Cc1ccc(O)cc1)C(=O)N[C@@H](Cc1ccccc1)C(=O)N[C@@H](CC(=O)O)C(=O)N[C@@H](Cc1ccc(O)cc1)C(=O)O. The molecule has 0 saturated carbocycles. The Morgan fingerprint density at radius 3 is 1.21 bits per heavy atom. The number of hydrogen-bond donors (Lipinski definition) is 12. The highest BCUT2D eigenvalue weighted by Gasteiger charge is 2.34. The van der Waals surface area contributed by atoms with E-state index in [1.807, 2.05) is 0 Å². The smallest absolute Gasteiger partial charge is 0.326 e. The van der Waals surface area contributed by atoms with Crippen molar-refractivity contribution in [2.24, 2.45) is 11.5 Å². The van der Waals surface area contributed by atoms with Gasteiger partial charge in [0.25, 0.3) is 0 Å². The number of phenolic OH excluding ortho intramolecular Hbond substituents is 2. The number of hydrogen-bond acceptors (Lipinski definition) is 12. The molecular weight excluding hydrogens is 802 g/mol. The molecule has 0 aliphatic heterocycles. The van der Waals surface area contributed by atoms with Crippen molar-refractivity contribution >= 4 is 53.4 Å². The number of aromatic hydroxyl groups is 2. The van der Waals surface area contributed by atoms with Gasteiger partial charge in [0.1, 0.15) is 41.7 Å². The van der Waals surface area contributed by atoms with Crippen LogP contribution in [0, 0.1) is 0 Å². The van der Waals surface area contributed by atoms with Crippen LogP contribution in [0.2, 0.25) is 0 Å². The molecule has 6 atom stereocenters. The van der Waals surface area contributed by atoms with Crippen LogP contribution in [0.3, 0.4) is 0 Å². The van der Waals surface area contributed by atoms with Crippen LogP contribution < -0.4 is 38.1 Å². The zero-order chi connectivity index (χ0) is 45.2. The van der Waals surface area contributed by atoms with Crippen LogP contribution in [0.25, 0.3) is 0 Å². The normalized spacial score (nSPS) is 13.7. The molecule has 14 N–H and O–H groups in total. The van der Waals surface area contributed by atoms with E-state index in [1.165, 1.54) is 48.5 Å². The van der Waals surface area contributed by atoms with Crippen molar-refractivity contribution in [3.8, 4) is 11.5 Å². The van der Waals surface area contributed by atoms with Gasteiger partial charge in [-0.1, -0.05) is 54.6 Å². The lowest BCUT2D eigenvalue weighted by Gasteiger charge is -2.27. The minimum absolute atomic E-state index is 0.0960. The van der Waals surface area contributed by atoms with Gasteiger partial charge in [-0.3, -0.25) is 38.4 Å². The van der Waals surface area contributed by atoms with Crippen LogP contribution in [0.5, 0.6) is 11.5 Å². The predicted molar refractivity (Wildman–Crippen MR) is 212 cm³/mol. The molecule has 0 aromatic heterocycles. The molecule has 0 bridgehead atoms. The molecule has 6 amide bonds. The quantitative estimate of drug-likeness (QED) is 0.0472. The Morgan fingerprint density at radius 1 is 0.475 bits per heavy atom. The number of amides is 6. The average molecular weight is 850 g/mol. The number of carbonyl (C=O) groups is 9. The van der Waals surface area contributed by atoms with Gasteiger partial charge in [0, 0.05) is 25.7 Å². The molecule has 326 valence electrons. The Labute approximate surface area is 347 Å². The van der Waals surface area contributed by atoms with Crippen molar-refractivity contribution in [3.63, 3.8) is 0 Å². The second-order valence-corrected chi connectivity index (χ2v) is 13.9. The number of phenols is 2. The summed E-state index contributed by atoms with van der Waals surface area (Å²) in [6.45, 7) is 0. The monoisotopic (exact) mass is 849 g/mol. The summed E-state index contributed by atoms with van der Waals surface area (Å²) in [5.74, 6) is -11.1. The summed E-state index contributed by atoms with van der Waals surface area (Å²) in [6, 6.07) is 9.05. The fraction of sp³-hybridized carbons (Fsp3) is 0.325. The van der Waals surface area contributed by atoms with Crippen molar-refractivity contribution in [2.75, 3.05) is 0 Å². The predicted octanol–water partition coefficient (Wildman–Crippen LogP) is -1.82. The summed E-state index contributed by atoms with van der Waals surface area (Å²) in [5.41, 5.74) is 12.1. The fourth-order valence-electron chi connectivity index (χ4n) is 5.77. The first-order valence-corrected chi connectivity index (χ1v) is 18.6. The molecule has 0 spiro atoms. The first-order valence-electron chi connectivity index (χ1n) is 18.6. The van der Waals surface area contributed by atoms with Crippen LogP contribution in [0.1, 0.15) is 42.4 Å². The highest BCUT2D eigenvalue weighted by Crippen LogP contribution is 2.14. The molecular formula is C40H47N7O14. The Kier molecular flexibility index (Phi) is 18.1. The van der Waals surface area contributed by atoms with Gasteiger partial charge in [-0.15, -0.1) is 0 Å². The largest absolute Gasteiger partial charge is 0.508 e. The summed E-state index contributed by atoms with van der Waals surface area (Å²) in [4.78, 5) is 115. The van der Waals surface area contributed by atoms with Gasteiger partial charge in [0.15, 0.2) is 0 Å².